The van der Waals surface area contributed by atoms with Crippen LogP contribution < -0.4 is 0 Å². The predicted octanol–water partition coefficient (Wildman–Crippen LogP) is 4.13. The molecule has 1 aromatic heterocycles. The molecule has 0 amide bonds. The second-order valence-corrected chi connectivity index (χ2v) is 6.45. The highest BCUT2D eigenvalue weighted by molar-refractivity contribution is 7.13. The molecule has 1 aromatic carbocycles. The Morgan fingerprint density at radius 2 is 2.23 bits per heavy atom. The number of Topliss-reactive ketones (excluding diaryl/α,β-unsaturated/α-hetero) is 1. The van der Waals surface area contributed by atoms with Crippen LogP contribution in [-0.2, 0) is 9.53 Å². The Morgan fingerprint density at radius 1 is 1.36 bits per heavy atom. The van der Waals surface area contributed by atoms with Crippen LogP contribution >= 0.6 is 22.9 Å². The Bertz CT molecular complexity index is 713. The highest BCUT2D eigenvalue weighted by Crippen LogP contribution is 2.27. The summed E-state index contributed by atoms with van der Waals surface area (Å²) in [5.74, 6) is -0.533. The third-order valence-corrected chi connectivity index (χ3v) is 4.66. The van der Waals surface area contributed by atoms with E-state index < -0.39 is 12.1 Å². The summed E-state index contributed by atoms with van der Waals surface area (Å²) in [6, 6.07) is 7.28. The number of thiazole rings is 1. The fraction of sp³-hybridized carbons (Fsp3) is 0.312. The third kappa shape index (κ3) is 3.36. The van der Waals surface area contributed by atoms with E-state index in [4.69, 9.17) is 16.3 Å². The molecule has 1 saturated carbocycles. The Kier molecular flexibility index (Phi) is 4.55. The van der Waals surface area contributed by atoms with Gasteiger partial charge in [0.2, 0.25) is 0 Å². The number of ether oxygens (including phenoxy) is 1. The van der Waals surface area contributed by atoms with Gasteiger partial charge in [0.15, 0.2) is 17.6 Å². The van der Waals surface area contributed by atoms with Gasteiger partial charge in [0.1, 0.15) is 5.01 Å². The minimum absolute atomic E-state index is 0.00453. The maximum absolute atomic E-state index is 12.1. The normalized spacial score (nSPS) is 18.2. The molecule has 6 heteroatoms. The molecule has 22 heavy (non-hydrogen) atoms. The van der Waals surface area contributed by atoms with Crippen LogP contribution in [0, 0.1) is 0 Å². The molecule has 0 unspecified atom stereocenters. The van der Waals surface area contributed by atoms with E-state index in [9.17, 15) is 9.59 Å². The Balaban J connectivity index is 1.73. The molecule has 1 heterocycles. The van der Waals surface area contributed by atoms with Crippen molar-refractivity contribution in [3.05, 3.63) is 40.4 Å². The van der Waals surface area contributed by atoms with Gasteiger partial charge in [-0.2, -0.15) is 0 Å². The van der Waals surface area contributed by atoms with Crippen molar-refractivity contribution in [2.45, 2.75) is 31.8 Å². The first-order valence-corrected chi connectivity index (χ1v) is 8.34. The standard InChI is InChI=1S/C16H14ClNO3S/c17-11-5-3-4-10(8-11)15-18-12(9-22-15)16(20)21-14-7-2-1-6-13(14)19/h3-5,8-9,14H,1-2,6-7H2/t14-/m1/s1. The minimum Gasteiger partial charge on any atom is -0.450 e. The molecule has 114 valence electrons. The van der Waals surface area contributed by atoms with Crippen LogP contribution in [-0.4, -0.2) is 22.8 Å². The lowest BCUT2D eigenvalue weighted by molar-refractivity contribution is -0.129. The first kappa shape index (κ1) is 15.2. The van der Waals surface area contributed by atoms with E-state index in [2.05, 4.69) is 4.98 Å². The number of hydrogen-bond donors (Lipinski definition) is 0. The monoisotopic (exact) mass is 335 g/mol. The molecule has 0 radical (unpaired) electrons. The number of carbonyl (C=O) groups is 2. The molecule has 1 fully saturated rings. The number of nitrogens with zero attached hydrogens (tertiary/aromatic N) is 1. The molecule has 1 atom stereocenters. The fourth-order valence-electron chi connectivity index (χ4n) is 2.39. The van der Waals surface area contributed by atoms with Gasteiger partial charge in [0.25, 0.3) is 0 Å². The summed E-state index contributed by atoms with van der Waals surface area (Å²) >= 11 is 7.30. The lowest BCUT2D eigenvalue weighted by Crippen LogP contribution is -2.30. The highest BCUT2D eigenvalue weighted by atomic mass is 35.5. The van der Waals surface area contributed by atoms with Crippen molar-refractivity contribution in [1.29, 1.82) is 0 Å². The van der Waals surface area contributed by atoms with Crippen molar-refractivity contribution in [2.75, 3.05) is 0 Å². The van der Waals surface area contributed by atoms with Crippen molar-refractivity contribution >= 4 is 34.7 Å². The molecule has 0 aliphatic heterocycles. The summed E-state index contributed by atoms with van der Waals surface area (Å²) in [6.45, 7) is 0. The van der Waals surface area contributed by atoms with Crippen LogP contribution in [0.25, 0.3) is 10.6 Å². The van der Waals surface area contributed by atoms with Gasteiger partial charge < -0.3 is 4.74 Å². The van der Waals surface area contributed by atoms with Gasteiger partial charge in [-0.15, -0.1) is 11.3 Å². The summed E-state index contributed by atoms with van der Waals surface area (Å²) in [5.41, 5.74) is 1.09. The lowest BCUT2D eigenvalue weighted by Gasteiger charge is -2.19. The maximum atomic E-state index is 12.1. The van der Waals surface area contributed by atoms with Crippen LogP contribution in [0.1, 0.15) is 36.2 Å². The second-order valence-electron chi connectivity index (χ2n) is 5.15. The SMILES string of the molecule is O=C(O[C@@H]1CCCCC1=O)c1csc(-c2cccc(Cl)c2)n1. The van der Waals surface area contributed by atoms with Crippen LogP contribution in [0.4, 0.5) is 0 Å². The molecule has 0 spiro atoms. The molecule has 1 aliphatic rings. The van der Waals surface area contributed by atoms with Crippen molar-refractivity contribution in [3.8, 4) is 10.6 Å². The summed E-state index contributed by atoms with van der Waals surface area (Å²) < 4.78 is 5.29. The largest absolute Gasteiger partial charge is 0.450 e. The summed E-state index contributed by atoms with van der Waals surface area (Å²) in [7, 11) is 0. The average Bonchev–Trinajstić information content (AvgIpc) is 2.99. The minimum atomic E-state index is -0.613. The number of benzene rings is 1. The lowest BCUT2D eigenvalue weighted by atomic mass is 9.96. The van der Waals surface area contributed by atoms with E-state index >= 15 is 0 Å². The molecule has 1 aliphatic carbocycles. The molecule has 3 rings (SSSR count). The van der Waals surface area contributed by atoms with Crippen molar-refractivity contribution < 1.29 is 14.3 Å². The topological polar surface area (TPSA) is 56.3 Å². The molecule has 0 bridgehead atoms. The van der Waals surface area contributed by atoms with Gasteiger partial charge in [0, 0.05) is 22.4 Å². The molecule has 2 aromatic rings. The summed E-state index contributed by atoms with van der Waals surface area (Å²) in [6.07, 6.45) is 2.27. The van der Waals surface area contributed by atoms with Crippen LogP contribution in [0.3, 0.4) is 0 Å². The van der Waals surface area contributed by atoms with Crippen molar-refractivity contribution in [3.63, 3.8) is 0 Å². The molecule has 0 saturated heterocycles. The first-order valence-electron chi connectivity index (χ1n) is 7.08. The van der Waals surface area contributed by atoms with Gasteiger partial charge in [-0.05, 0) is 31.4 Å². The number of carbonyl (C=O) groups excluding carboxylic acids is 2. The summed E-state index contributed by atoms with van der Waals surface area (Å²) in [5, 5.41) is 2.96. The van der Waals surface area contributed by atoms with Crippen LogP contribution in [0.2, 0.25) is 5.02 Å². The number of hydrogen-bond acceptors (Lipinski definition) is 5. The van der Waals surface area contributed by atoms with E-state index in [1.165, 1.54) is 11.3 Å². The van der Waals surface area contributed by atoms with Gasteiger partial charge in [-0.1, -0.05) is 23.7 Å². The molecule has 0 N–H and O–H groups in total. The molecular weight excluding hydrogens is 322 g/mol. The number of ketones is 1. The fourth-order valence-corrected chi connectivity index (χ4v) is 3.36. The number of esters is 1. The Morgan fingerprint density at radius 3 is 3.00 bits per heavy atom. The zero-order valence-electron chi connectivity index (χ0n) is 11.8. The Hall–Kier alpha value is -1.72. The zero-order valence-corrected chi connectivity index (χ0v) is 13.3. The summed E-state index contributed by atoms with van der Waals surface area (Å²) in [4.78, 5) is 28.1. The number of halogens is 1. The van der Waals surface area contributed by atoms with E-state index in [1.807, 2.05) is 12.1 Å². The number of rotatable bonds is 3. The quantitative estimate of drug-likeness (QED) is 0.791. The smallest absolute Gasteiger partial charge is 0.358 e. The third-order valence-electron chi connectivity index (χ3n) is 3.53. The van der Waals surface area contributed by atoms with Gasteiger partial charge in [0.05, 0.1) is 0 Å². The maximum Gasteiger partial charge on any atom is 0.358 e. The van der Waals surface area contributed by atoms with Crippen LogP contribution in [0.5, 0.6) is 0 Å². The van der Waals surface area contributed by atoms with Gasteiger partial charge >= 0.3 is 5.97 Å². The van der Waals surface area contributed by atoms with E-state index in [0.29, 0.717) is 22.9 Å². The van der Waals surface area contributed by atoms with Crippen molar-refractivity contribution in [2.24, 2.45) is 0 Å². The van der Waals surface area contributed by atoms with Gasteiger partial charge in [-0.3, -0.25) is 4.79 Å². The van der Waals surface area contributed by atoms with E-state index in [0.717, 1.165) is 18.4 Å². The van der Waals surface area contributed by atoms with E-state index in [-0.39, 0.29) is 11.5 Å². The highest BCUT2D eigenvalue weighted by Gasteiger charge is 2.27. The Labute approximate surface area is 137 Å². The zero-order chi connectivity index (χ0) is 15.5. The second kappa shape index (κ2) is 6.58. The first-order chi connectivity index (χ1) is 10.6. The predicted molar refractivity (Wildman–Crippen MR) is 85.2 cm³/mol. The van der Waals surface area contributed by atoms with Crippen LogP contribution in [0.15, 0.2) is 29.6 Å². The van der Waals surface area contributed by atoms with Gasteiger partial charge in [-0.25, -0.2) is 9.78 Å². The molecule has 4 nitrogen and oxygen atoms in total. The number of aromatic nitrogens is 1. The van der Waals surface area contributed by atoms with E-state index in [1.54, 1.807) is 17.5 Å². The van der Waals surface area contributed by atoms with Crippen molar-refractivity contribution in [1.82, 2.24) is 4.98 Å². The molecular formula is C16H14ClNO3S. The average molecular weight is 336 g/mol.